The molecule has 7 heteroatoms. The maximum atomic E-state index is 14.0. The number of hydrogen-bond acceptors (Lipinski definition) is 4. The van der Waals surface area contributed by atoms with Gasteiger partial charge in [0, 0.05) is 23.2 Å². The summed E-state index contributed by atoms with van der Waals surface area (Å²) in [5, 5.41) is 4.21. The van der Waals surface area contributed by atoms with Gasteiger partial charge in [0.2, 0.25) is 5.91 Å². The number of nitrogens with one attached hydrogen (secondary N) is 1. The number of carbonyl (C=O) groups excluding carboxylic acids is 2. The Morgan fingerprint density at radius 1 is 0.971 bits per heavy atom. The van der Waals surface area contributed by atoms with Gasteiger partial charge < -0.3 is 19.4 Å². The SMILES string of the molecule is COc1ccc(N2C(=O)c3cc4ccc(OC)cc4n3CC2(C)C(=O)NC2CCCCC2)cc1. The fourth-order valence-electron chi connectivity index (χ4n) is 5.32. The summed E-state index contributed by atoms with van der Waals surface area (Å²) in [5.74, 6) is 1.08. The van der Waals surface area contributed by atoms with Crippen LogP contribution in [0.25, 0.3) is 10.9 Å². The second-order valence-corrected chi connectivity index (χ2v) is 9.46. The number of hydrogen-bond donors (Lipinski definition) is 1. The number of fused-ring (bicyclic) bond motifs is 3. The summed E-state index contributed by atoms with van der Waals surface area (Å²) < 4.78 is 12.7. The van der Waals surface area contributed by atoms with E-state index in [4.69, 9.17) is 9.47 Å². The zero-order valence-corrected chi connectivity index (χ0v) is 20.0. The van der Waals surface area contributed by atoms with Crippen LogP contribution in [0, 0.1) is 0 Å². The molecule has 2 heterocycles. The average molecular weight is 462 g/mol. The molecule has 0 bridgehead atoms. The van der Waals surface area contributed by atoms with E-state index in [9.17, 15) is 9.59 Å². The van der Waals surface area contributed by atoms with Gasteiger partial charge in [-0.25, -0.2) is 0 Å². The van der Waals surface area contributed by atoms with E-state index in [1.165, 1.54) is 6.42 Å². The highest BCUT2D eigenvalue weighted by molar-refractivity contribution is 6.14. The van der Waals surface area contributed by atoms with Crippen molar-refractivity contribution >= 4 is 28.4 Å². The first-order valence-electron chi connectivity index (χ1n) is 11.9. The van der Waals surface area contributed by atoms with Crippen molar-refractivity contribution < 1.29 is 19.1 Å². The van der Waals surface area contributed by atoms with Crippen LogP contribution in [-0.2, 0) is 11.3 Å². The van der Waals surface area contributed by atoms with Gasteiger partial charge in [-0.2, -0.15) is 0 Å². The maximum absolute atomic E-state index is 14.0. The summed E-state index contributed by atoms with van der Waals surface area (Å²) in [7, 11) is 3.23. The van der Waals surface area contributed by atoms with E-state index in [0.29, 0.717) is 29.4 Å². The molecule has 2 aromatic carbocycles. The van der Waals surface area contributed by atoms with E-state index in [-0.39, 0.29) is 17.9 Å². The first-order chi connectivity index (χ1) is 16.4. The lowest BCUT2D eigenvalue weighted by Gasteiger charge is -2.44. The van der Waals surface area contributed by atoms with Crippen LogP contribution >= 0.6 is 0 Å². The molecule has 34 heavy (non-hydrogen) atoms. The number of nitrogens with zero attached hydrogens (tertiary/aromatic N) is 2. The third kappa shape index (κ3) is 3.69. The van der Waals surface area contributed by atoms with Crippen molar-refractivity contribution in [1.82, 2.24) is 9.88 Å². The lowest BCUT2D eigenvalue weighted by Crippen LogP contribution is -2.65. The lowest BCUT2D eigenvalue weighted by molar-refractivity contribution is -0.127. The topological polar surface area (TPSA) is 72.8 Å². The Balaban J connectivity index is 1.61. The highest BCUT2D eigenvalue weighted by Crippen LogP contribution is 2.37. The van der Waals surface area contributed by atoms with Crippen LogP contribution in [0.5, 0.6) is 11.5 Å². The van der Waals surface area contributed by atoms with Gasteiger partial charge in [0.05, 0.1) is 26.3 Å². The molecule has 7 nitrogen and oxygen atoms in total. The van der Waals surface area contributed by atoms with Gasteiger partial charge in [0.1, 0.15) is 22.7 Å². The molecule has 1 aliphatic heterocycles. The van der Waals surface area contributed by atoms with Gasteiger partial charge >= 0.3 is 0 Å². The predicted molar refractivity (Wildman–Crippen MR) is 132 cm³/mol. The molecule has 0 spiro atoms. The van der Waals surface area contributed by atoms with Gasteiger partial charge in [-0.1, -0.05) is 19.3 Å². The van der Waals surface area contributed by atoms with Crippen LogP contribution < -0.4 is 19.7 Å². The highest BCUT2D eigenvalue weighted by Gasteiger charge is 2.49. The van der Waals surface area contributed by atoms with Crippen LogP contribution in [0.2, 0.25) is 0 Å². The number of anilines is 1. The van der Waals surface area contributed by atoms with Crippen LogP contribution in [0.15, 0.2) is 48.5 Å². The number of aromatic nitrogens is 1. The fourth-order valence-corrected chi connectivity index (χ4v) is 5.32. The molecule has 0 saturated heterocycles. The fraction of sp³-hybridized carbons (Fsp3) is 0.407. The van der Waals surface area contributed by atoms with Crippen molar-refractivity contribution in [1.29, 1.82) is 0 Å². The first-order valence-corrected chi connectivity index (χ1v) is 11.9. The van der Waals surface area contributed by atoms with Gasteiger partial charge in [-0.3, -0.25) is 14.5 Å². The number of rotatable bonds is 5. The Hall–Kier alpha value is -3.48. The normalized spacial score (nSPS) is 20.8. The molecule has 1 N–H and O–H groups in total. The van der Waals surface area contributed by atoms with Gasteiger partial charge in [0.25, 0.3) is 5.91 Å². The van der Waals surface area contributed by atoms with E-state index >= 15 is 0 Å². The molecule has 2 amide bonds. The number of amides is 2. The molecule has 1 unspecified atom stereocenters. The molecule has 1 aliphatic carbocycles. The van der Waals surface area contributed by atoms with E-state index < -0.39 is 5.54 Å². The van der Waals surface area contributed by atoms with Gasteiger partial charge in [-0.05, 0) is 62.2 Å². The summed E-state index contributed by atoms with van der Waals surface area (Å²) >= 11 is 0. The highest BCUT2D eigenvalue weighted by atomic mass is 16.5. The third-order valence-electron chi connectivity index (χ3n) is 7.25. The molecule has 178 valence electrons. The Kier molecular flexibility index (Phi) is 5.71. The largest absolute Gasteiger partial charge is 0.497 e. The zero-order valence-electron chi connectivity index (χ0n) is 20.0. The molecule has 1 aromatic heterocycles. The second kappa shape index (κ2) is 8.70. The Morgan fingerprint density at radius 3 is 2.32 bits per heavy atom. The Morgan fingerprint density at radius 2 is 1.65 bits per heavy atom. The molecule has 1 fully saturated rings. The number of carbonyl (C=O) groups is 2. The molecule has 5 rings (SSSR count). The van der Waals surface area contributed by atoms with Crippen LogP contribution in [0.4, 0.5) is 5.69 Å². The molecular formula is C27H31N3O4. The Labute approximate surface area is 199 Å². The Bertz CT molecular complexity index is 1230. The van der Waals surface area contributed by atoms with E-state index in [2.05, 4.69) is 5.32 Å². The van der Waals surface area contributed by atoms with Crippen molar-refractivity contribution in [2.24, 2.45) is 0 Å². The van der Waals surface area contributed by atoms with Crippen molar-refractivity contribution in [3.63, 3.8) is 0 Å². The molecular weight excluding hydrogens is 430 g/mol. The number of benzene rings is 2. The smallest absolute Gasteiger partial charge is 0.275 e. The zero-order chi connectivity index (χ0) is 23.9. The predicted octanol–water partition coefficient (Wildman–Crippen LogP) is 4.53. The van der Waals surface area contributed by atoms with Gasteiger partial charge in [0.15, 0.2) is 0 Å². The summed E-state index contributed by atoms with van der Waals surface area (Å²) in [4.78, 5) is 29.5. The minimum atomic E-state index is -1.11. The van der Waals surface area contributed by atoms with Crippen molar-refractivity contribution in [3.8, 4) is 11.5 Å². The first kappa shape index (κ1) is 22.3. The lowest BCUT2D eigenvalue weighted by atomic mass is 9.91. The standard InChI is InChI=1S/C27H31N3O4/c1-27(26(32)28-19-7-5-4-6-8-19)17-29-23-16-22(34-3)12-9-18(23)15-24(29)25(31)30(27)20-10-13-21(33-2)14-11-20/h9-16,19H,4-8,17H2,1-3H3,(H,28,32). The summed E-state index contributed by atoms with van der Waals surface area (Å²) in [5.41, 5.74) is 1.00. The molecule has 1 atom stereocenters. The molecule has 1 saturated carbocycles. The minimum absolute atomic E-state index is 0.126. The van der Waals surface area contributed by atoms with E-state index in [1.54, 1.807) is 19.1 Å². The summed E-state index contributed by atoms with van der Waals surface area (Å²) in [6.07, 6.45) is 5.41. The minimum Gasteiger partial charge on any atom is -0.497 e. The number of methoxy groups -OCH3 is 2. The monoisotopic (exact) mass is 461 g/mol. The van der Waals surface area contributed by atoms with E-state index in [0.717, 1.165) is 36.6 Å². The summed E-state index contributed by atoms with van der Waals surface area (Å²) in [6, 6.07) is 15.1. The van der Waals surface area contributed by atoms with Crippen molar-refractivity contribution in [2.75, 3.05) is 19.1 Å². The van der Waals surface area contributed by atoms with Crippen molar-refractivity contribution in [3.05, 3.63) is 54.2 Å². The second-order valence-electron chi connectivity index (χ2n) is 9.46. The van der Waals surface area contributed by atoms with Gasteiger partial charge in [-0.15, -0.1) is 0 Å². The van der Waals surface area contributed by atoms with E-state index in [1.807, 2.05) is 60.0 Å². The molecule has 2 aliphatic rings. The molecule has 3 aromatic rings. The van der Waals surface area contributed by atoms with Crippen LogP contribution in [-0.4, -0.2) is 42.2 Å². The third-order valence-corrected chi connectivity index (χ3v) is 7.25. The van der Waals surface area contributed by atoms with Crippen molar-refractivity contribution in [2.45, 2.75) is 57.2 Å². The van der Waals surface area contributed by atoms with Crippen LogP contribution in [0.1, 0.15) is 49.5 Å². The van der Waals surface area contributed by atoms with Crippen LogP contribution in [0.3, 0.4) is 0 Å². The number of ether oxygens (including phenoxy) is 2. The quantitative estimate of drug-likeness (QED) is 0.606. The molecule has 0 radical (unpaired) electrons. The average Bonchev–Trinajstić information content (AvgIpc) is 3.22. The maximum Gasteiger partial charge on any atom is 0.275 e. The summed E-state index contributed by atoms with van der Waals surface area (Å²) in [6.45, 7) is 2.21.